The van der Waals surface area contributed by atoms with Crippen LogP contribution in [0.15, 0.2) is 89.5 Å². The van der Waals surface area contributed by atoms with E-state index in [0.29, 0.717) is 5.84 Å². The number of fused-ring (bicyclic) bond motifs is 1. The standard InChI is InChI=1S/C24H19N3OS/c25-23-20-6-1-2-7-21(20)24(27-23,17-8-11-26-12-9-17)18-5-3-4-16(14-18)19-10-13-29-22(19)15-28/h1-15,19,22H,(H2,25,27). The second kappa shape index (κ2) is 7.01. The number of pyridine rings is 1. The summed E-state index contributed by atoms with van der Waals surface area (Å²) in [6.45, 7) is 0. The molecule has 142 valence electrons. The summed E-state index contributed by atoms with van der Waals surface area (Å²) in [5.41, 5.74) is 10.8. The van der Waals surface area contributed by atoms with Gasteiger partial charge in [-0.05, 0) is 39.8 Å². The minimum absolute atomic E-state index is 0.0601. The van der Waals surface area contributed by atoms with Gasteiger partial charge in [0.25, 0.3) is 0 Å². The van der Waals surface area contributed by atoms with Crippen molar-refractivity contribution < 1.29 is 4.79 Å². The van der Waals surface area contributed by atoms with Crippen molar-refractivity contribution in [3.05, 3.63) is 112 Å². The van der Waals surface area contributed by atoms with Crippen LogP contribution in [-0.4, -0.2) is 22.4 Å². The minimum atomic E-state index is -0.730. The van der Waals surface area contributed by atoms with Gasteiger partial charge in [-0.3, -0.25) is 4.98 Å². The molecule has 0 aliphatic carbocycles. The van der Waals surface area contributed by atoms with Gasteiger partial charge in [0, 0.05) is 23.9 Å². The smallest absolute Gasteiger partial charge is 0.139 e. The predicted molar refractivity (Wildman–Crippen MR) is 117 cm³/mol. The largest absolute Gasteiger partial charge is 0.383 e. The van der Waals surface area contributed by atoms with Gasteiger partial charge >= 0.3 is 0 Å². The molecule has 29 heavy (non-hydrogen) atoms. The van der Waals surface area contributed by atoms with Crippen LogP contribution >= 0.6 is 11.8 Å². The number of amidine groups is 1. The van der Waals surface area contributed by atoms with E-state index < -0.39 is 5.54 Å². The highest BCUT2D eigenvalue weighted by molar-refractivity contribution is 8.03. The maximum atomic E-state index is 11.5. The molecule has 0 radical (unpaired) electrons. The third-order valence-corrected chi connectivity index (χ3v) is 6.71. The van der Waals surface area contributed by atoms with Crippen molar-refractivity contribution >= 4 is 23.9 Å². The number of aliphatic imine (C=N–C) groups is 1. The molecule has 0 amide bonds. The molecule has 2 N–H and O–H groups in total. The highest BCUT2D eigenvalue weighted by atomic mass is 32.2. The van der Waals surface area contributed by atoms with Gasteiger partial charge in [-0.15, -0.1) is 11.8 Å². The third kappa shape index (κ3) is 2.73. The molecule has 5 heteroatoms. The number of thioether (sulfide) groups is 1. The van der Waals surface area contributed by atoms with Gasteiger partial charge in [-0.1, -0.05) is 54.6 Å². The van der Waals surface area contributed by atoms with Crippen molar-refractivity contribution in [2.75, 3.05) is 0 Å². The number of allylic oxidation sites excluding steroid dienone is 1. The van der Waals surface area contributed by atoms with Crippen LogP contribution in [0.25, 0.3) is 0 Å². The lowest BCUT2D eigenvalue weighted by atomic mass is 9.77. The molecule has 1 aromatic heterocycles. The fourth-order valence-electron chi connectivity index (χ4n) is 4.33. The minimum Gasteiger partial charge on any atom is -0.383 e. The average Bonchev–Trinajstić information content (AvgIpc) is 3.38. The number of nitrogens with two attached hydrogens (primary N) is 1. The molecule has 0 fully saturated rings. The number of rotatable bonds is 4. The van der Waals surface area contributed by atoms with E-state index in [0.717, 1.165) is 34.1 Å². The first-order chi connectivity index (χ1) is 14.2. The molecule has 3 unspecified atom stereocenters. The molecule has 3 aromatic rings. The number of aldehydes is 1. The topological polar surface area (TPSA) is 68.3 Å². The van der Waals surface area contributed by atoms with Crippen molar-refractivity contribution in [1.29, 1.82) is 0 Å². The third-order valence-electron chi connectivity index (χ3n) is 5.68. The second-order valence-corrected chi connectivity index (χ2v) is 8.29. The first-order valence-corrected chi connectivity index (χ1v) is 10.4. The van der Waals surface area contributed by atoms with Gasteiger partial charge in [0.2, 0.25) is 0 Å². The van der Waals surface area contributed by atoms with Gasteiger partial charge in [0.1, 0.15) is 17.7 Å². The van der Waals surface area contributed by atoms with E-state index in [9.17, 15) is 4.79 Å². The Morgan fingerprint density at radius 2 is 1.83 bits per heavy atom. The second-order valence-electron chi connectivity index (χ2n) is 7.21. The van der Waals surface area contributed by atoms with Crippen LogP contribution in [0.1, 0.15) is 33.7 Å². The average molecular weight is 398 g/mol. The van der Waals surface area contributed by atoms with Crippen LogP contribution in [0, 0.1) is 0 Å². The maximum absolute atomic E-state index is 11.5. The van der Waals surface area contributed by atoms with Crippen molar-refractivity contribution in [2.45, 2.75) is 16.7 Å². The van der Waals surface area contributed by atoms with E-state index >= 15 is 0 Å². The van der Waals surface area contributed by atoms with E-state index in [1.54, 1.807) is 24.2 Å². The quantitative estimate of drug-likeness (QED) is 0.676. The summed E-state index contributed by atoms with van der Waals surface area (Å²) in [5, 5.41) is 1.92. The zero-order chi connectivity index (χ0) is 19.8. The number of carbonyl (C=O) groups excluding carboxylic acids is 1. The van der Waals surface area contributed by atoms with Crippen LogP contribution in [0.3, 0.4) is 0 Å². The van der Waals surface area contributed by atoms with Crippen LogP contribution in [0.4, 0.5) is 0 Å². The van der Waals surface area contributed by atoms with Crippen LogP contribution in [0.2, 0.25) is 0 Å². The van der Waals surface area contributed by atoms with Crippen LogP contribution in [-0.2, 0) is 10.3 Å². The molecule has 0 spiro atoms. The number of hydrogen-bond acceptors (Lipinski definition) is 5. The van der Waals surface area contributed by atoms with E-state index in [2.05, 4.69) is 35.3 Å². The van der Waals surface area contributed by atoms with E-state index in [1.165, 1.54) is 0 Å². The SMILES string of the molecule is NC1=NC(c2ccncc2)(c2cccc(C3C=CSC3C=O)c2)c2ccccc21. The Labute approximate surface area is 173 Å². The molecule has 0 saturated heterocycles. The molecule has 2 aromatic carbocycles. The van der Waals surface area contributed by atoms with Crippen molar-refractivity contribution in [2.24, 2.45) is 10.7 Å². The summed E-state index contributed by atoms with van der Waals surface area (Å²) in [7, 11) is 0. The Morgan fingerprint density at radius 1 is 1.00 bits per heavy atom. The Bertz CT molecular complexity index is 1140. The zero-order valence-electron chi connectivity index (χ0n) is 15.6. The molecule has 2 aliphatic rings. The number of carbonyl (C=O) groups is 1. The molecule has 3 atom stereocenters. The summed E-state index contributed by atoms with van der Waals surface area (Å²) in [4.78, 5) is 20.7. The monoisotopic (exact) mass is 397 g/mol. The fraction of sp³-hybridized carbons (Fsp3) is 0.125. The first kappa shape index (κ1) is 17.9. The summed E-state index contributed by atoms with van der Waals surface area (Å²) in [6, 6.07) is 20.5. The maximum Gasteiger partial charge on any atom is 0.139 e. The molecular formula is C24H19N3OS. The van der Waals surface area contributed by atoms with E-state index in [4.69, 9.17) is 10.7 Å². The fourth-order valence-corrected chi connectivity index (χ4v) is 5.25. The Kier molecular flexibility index (Phi) is 4.32. The van der Waals surface area contributed by atoms with Gasteiger partial charge in [-0.25, -0.2) is 4.99 Å². The van der Waals surface area contributed by atoms with Crippen molar-refractivity contribution in [3.8, 4) is 0 Å². The summed E-state index contributed by atoms with van der Waals surface area (Å²) >= 11 is 1.56. The zero-order valence-corrected chi connectivity index (χ0v) is 16.4. The van der Waals surface area contributed by atoms with Crippen LogP contribution in [0.5, 0.6) is 0 Å². The highest BCUT2D eigenvalue weighted by Crippen LogP contribution is 2.46. The van der Waals surface area contributed by atoms with Gasteiger partial charge in [0.15, 0.2) is 0 Å². The normalized spacial score (nSPS) is 24.9. The van der Waals surface area contributed by atoms with E-state index in [1.807, 2.05) is 41.8 Å². The summed E-state index contributed by atoms with van der Waals surface area (Å²) < 4.78 is 0. The van der Waals surface area contributed by atoms with Gasteiger partial charge < -0.3 is 10.5 Å². The van der Waals surface area contributed by atoms with Crippen LogP contribution < -0.4 is 5.73 Å². The van der Waals surface area contributed by atoms with Gasteiger partial charge in [-0.2, -0.15) is 0 Å². The highest BCUT2D eigenvalue weighted by Gasteiger charge is 2.43. The lowest BCUT2D eigenvalue weighted by molar-refractivity contribution is -0.107. The number of benzene rings is 2. The molecule has 5 rings (SSSR count). The van der Waals surface area contributed by atoms with Crippen molar-refractivity contribution in [1.82, 2.24) is 4.98 Å². The lowest BCUT2D eigenvalue weighted by Gasteiger charge is -2.30. The molecular weight excluding hydrogens is 378 g/mol. The number of nitrogens with zero attached hydrogens (tertiary/aromatic N) is 2. The Morgan fingerprint density at radius 3 is 2.66 bits per heavy atom. The summed E-state index contributed by atoms with van der Waals surface area (Å²) in [6.07, 6.45) is 6.70. The van der Waals surface area contributed by atoms with Crippen molar-refractivity contribution in [3.63, 3.8) is 0 Å². The van der Waals surface area contributed by atoms with Gasteiger partial charge in [0.05, 0.1) is 5.25 Å². The Balaban J connectivity index is 1.74. The molecule has 0 bridgehead atoms. The first-order valence-electron chi connectivity index (χ1n) is 9.47. The molecule has 4 nitrogen and oxygen atoms in total. The molecule has 2 aliphatic heterocycles. The summed E-state index contributed by atoms with van der Waals surface area (Å²) in [5.74, 6) is 0.592. The number of hydrogen-bond donors (Lipinski definition) is 1. The number of aromatic nitrogens is 1. The Hall–Kier alpha value is -3.18. The lowest BCUT2D eigenvalue weighted by Crippen LogP contribution is -2.26. The molecule has 3 heterocycles. The van der Waals surface area contributed by atoms with E-state index in [-0.39, 0.29) is 11.2 Å². The predicted octanol–water partition coefficient (Wildman–Crippen LogP) is 4.00. The molecule has 0 saturated carbocycles.